The standard InChI is InChI=1S/C18H18Cl2N4O2/c1-12(25)23-7-9-24(10-8-23)16-6-5-13(11-21-16)18(26)22-15-4-2-3-14(19)17(15)20/h2-6,11H,7-10H2,1H3,(H,22,26). The van der Waals surface area contributed by atoms with Gasteiger partial charge in [-0.3, -0.25) is 9.59 Å². The number of rotatable bonds is 3. The summed E-state index contributed by atoms with van der Waals surface area (Å²) < 4.78 is 0. The first-order valence-electron chi connectivity index (χ1n) is 8.17. The Labute approximate surface area is 161 Å². The van der Waals surface area contributed by atoms with Crippen LogP contribution in [0.25, 0.3) is 0 Å². The summed E-state index contributed by atoms with van der Waals surface area (Å²) in [6, 6.07) is 8.57. The maximum absolute atomic E-state index is 12.4. The van der Waals surface area contributed by atoms with Gasteiger partial charge in [0, 0.05) is 39.3 Å². The minimum Gasteiger partial charge on any atom is -0.353 e. The molecule has 1 aromatic heterocycles. The van der Waals surface area contributed by atoms with E-state index in [0.29, 0.717) is 34.4 Å². The van der Waals surface area contributed by atoms with Crippen LogP contribution in [0.2, 0.25) is 10.0 Å². The summed E-state index contributed by atoms with van der Waals surface area (Å²) >= 11 is 12.0. The van der Waals surface area contributed by atoms with Crippen LogP contribution in [0.3, 0.4) is 0 Å². The van der Waals surface area contributed by atoms with Gasteiger partial charge in [-0.15, -0.1) is 0 Å². The molecule has 1 aliphatic heterocycles. The molecule has 1 N–H and O–H groups in total. The SMILES string of the molecule is CC(=O)N1CCN(c2ccc(C(=O)Nc3cccc(Cl)c3Cl)cn2)CC1. The molecule has 0 unspecified atom stereocenters. The summed E-state index contributed by atoms with van der Waals surface area (Å²) in [6.45, 7) is 4.36. The number of aromatic nitrogens is 1. The Morgan fingerprint density at radius 1 is 1.08 bits per heavy atom. The highest BCUT2D eigenvalue weighted by Gasteiger charge is 2.20. The van der Waals surface area contributed by atoms with E-state index >= 15 is 0 Å². The summed E-state index contributed by atoms with van der Waals surface area (Å²) in [7, 11) is 0. The van der Waals surface area contributed by atoms with Crippen molar-refractivity contribution >= 4 is 46.5 Å². The fourth-order valence-electron chi connectivity index (χ4n) is 2.75. The highest BCUT2D eigenvalue weighted by Crippen LogP contribution is 2.29. The van der Waals surface area contributed by atoms with Crippen LogP contribution in [0, 0.1) is 0 Å². The summed E-state index contributed by atoms with van der Waals surface area (Å²) in [5.41, 5.74) is 0.876. The third kappa shape index (κ3) is 4.08. The molecule has 1 aromatic carbocycles. The van der Waals surface area contributed by atoms with E-state index in [1.165, 1.54) is 6.20 Å². The second-order valence-electron chi connectivity index (χ2n) is 5.95. The molecule has 0 spiro atoms. The highest BCUT2D eigenvalue weighted by molar-refractivity contribution is 6.44. The Balaban J connectivity index is 1.65. The van der Waals surface area contributed by atoms with Crippen LogP contribution in [0.4, 0.5) is 11.5 Å². The average molecular weight is 393 g/mol. The minimum absolute atomic E-state index is 0.0873. The van der Waals surface area contributed by atoms with Crippen molar-refractivity contribution in [1.29, 1.82) is 0 Å². The number of nitrogens with one attached hydrogen (secondary N) is 1. The van der Waals surface area contributed by atoms with Gasteiger partial charge in [-0.05, 0) is 24.3 Å². The number of carbonyl (C=O) groups is 2. The topological polar surface area (TPSA) is 65.5 Å². The molecule has 2 aromatic rings. The number of piperazine rings is 1. The number of benzene rings is 1. The molecule has 0 radical (unpaired) electrons. The average Bonchev–Trinajstić information content (AvgIpc) is 2.65. The van der Waals surface area contributed by atoms with Crippen molar-refractivity contribution in [2.45, 2.75) is 6.92 Å². The number of nitrogens with zero attached hydrogens (tertiary/aromatic N) is 3. The van der Waals surface area contributed by atoms with Gasteiger partial charge in [-0.2, -0.15) is 0 Å². The smallest absolute Gasteiger partial charge is 0.257 e. The van der Waals surface area contributed by atoms with Crippen molar-refractivity contribution < 1.29 is 9.59 Å². The molecule has 3 rings (SSSR count). The molecule has 6 nitrogen and oxygen atoms in total. The molecular weight excluding hydrogens is 375 g/mol. The van der Waals surface area contributed by atoms with E-state index in [1.54, 1.807) is 37.3 Å². The molecule has 2 amide bonds. The fourth-order valence-corrected chi connectivity index (χ4v) is 3.10. The van der Waals surface area contributed by atoms with E-state index in [0.717, 1.165) is 18.9 Å². The number of halogens is 2. The van der Waals surface area contributed by atoms with Gasteiger partial charge in [-0.1, -0.05) is 29.3 Å². The van der Waals surface area contributed by atoms with Gasteiger partial charge in [0.1, 0.15) is 5.82 Å². The number of amides is 2. The van der Waals surface area contributed by atoms with Gasteiger partial charge in [0.2, 0.25) is 5.91 Å². The molecule has 0 aliphatic carbocycles. The molecule has 0 saturated carbocycles. The van der Waals surface area contributed by atoms with Crippen molar-refractivity contribution in [1.82, 2.24) is 9.88 Å². The number of carbonyl (C=O) groups excluding carboxylic acids is 2. The van der Waals surface area contributed by atoms with Gasteiger partial charge >= 0.3 is 0 Å². The molecule has 8 heteroatoms. The van der Waals surface area contributed by atoms with E-state index in [2.05, 4.69) is 15.2 Å². The van der Waals surface area contributed by atoms with Crippen LogP contribution in [0.1, 0.15) is 17.3 Å². The quantitative estimate of drug-likeness (QED) is 0.869. The van der Waals surface area contributed by atoms with Crippen LogP contribution in [-0.4, -0.2) is 47.9 Å². The second-order valence-corrected chi connectivity index (χ2v) is 6.74. The number of anilines is 2. The Hall–Kier alpha value is -2.31. The lowest BCUT2D eigenvalue weighted by molar-refractivity contribution is -0.129. The zero-order valence-corrected chi connectivity index (χ0v) is 15.7. The van der Waals surface area contributed by atoms with Crippen LogP contribution in [0.5, 0.6) is 0 Å². The first kappa shape index (κ1) is 18.5. The fraction of sp³-hybridized carbons (Fsp3) is 0.278. The van der Waals surface area contributed by atoms with Crippen LogP contribution in [0.15, 0.2) is 36.5 Å². The maximum Gasteiger partial charge on any atom is 0.257 e. The molecule has 26 heavy (non-hydrogen) atoms. The molecule has 136 valence electrons. The van der Waals surface area contributed by atoms with Crippen LogP contribution < -0.4 is 10.2 Å². The lowest BCUT2D eigenvalue weighted by Gasteiger charge is -2.34. The van der Waals surface area contributed by atoms with E-state index in [9.17, 15) is 9.59 Å². The van der Waals surface area contributed by atoms with Gasteiger partial charge in [-0.25, -0.2) is 4.98 Å². The van der Waals surface area contributed by atoms with Gasteiger partial charge < -0.3 is 15.1 Å². The van der Waals surface area contributed by atoms with Crippen molar-refractivity contribution in [3.63, 3.8) is 0 Å². The predicted octanol–water partition coefficient (Wildman–Crippen LogP) is 3.31. The Bertz CT molecular complexity index is 818. The zero-order valence-electron chi connectivity index (χ0n) is 14.2. The normalized spacial score (nSPS) is 14.3. The van der Waals surface area contributed by atoms with Crippen molar-refractivity contribution in [3.05, 3.63) is 52.1 Å². The van der Waals surface area contributed by atoms with E-state index in [-0.39, 0.29) is 11.8 Å². The number of hydrogen-bond acceptors (Lipinski definition) is 4. The summed E-state index contributed by atoms with van der Waals surface area (Å²) in [5, 5.41) is 3.41. The Kier molecular flexibility index (Phi) is 5.64. The van der Waals surface area contributed by atoms with Crippen LogP contribution in [-0.2, 0) is 4.79 Å². The molecule has 2 heterocycles. The predicted molar refractivity (Wildman–Crippen MR) is 103 cm³/mol. The van der Waals surface area contributed by atoms with Gasteiger partial charge in [0.05, 0.1) is 21.3 Å². The molecular formula is C18H18Cl2N4O2. The molecule has 0 atom stereocenters. The van der Waals surface area contributed by atoms with Crippen LogP contribution >= 0.6 is 23.2 Å². The second kappa shape index (κ2) is 7.93. The van der Waals surface area contributed by atoms with Crippen molar-refractivity contribution in [3.8, 4) is 0 Å². The lowest BCUT2D eigenvalue weighted by Crippen LogP contribution is -2.48. The largest absolute Gasteiger partial charge is 0.353 e. The van der Waals surface area contributed by atoms with E-state index in [4.69, 9.17) is 23.2 Å². The summed E-state index contributed by atoms with van der Waals surface area (Å²) in [6.07, 6.45) is 1.53. The van der Waals surface area contributed by atoms with E-state index in [1.807, 2.05) is 4.90 Å². The number of hydrogen-bond donors (Lipinski definition) is 1. The van der Waals surface area contributed by atoms with E-state index < -0.39 is 0 Å². The lowest BCUT2D eigenvalue weighted by atomic mass is 10.2. The monoisotopic (exact) mass is 392 g/mol. The Morgan fingerprint density at radius 3 is 2.42 bits per heavy atom. The third-order valence-electron chi connectivity index (χ3n) is 4.26. The third-order valence-corrected chi connectivity index (χ3v) is 5.08. The minimum atomic E-state index is -0.311. The maximum atomic E-state index is 12.4. The van der Waals surface area contributed by atoms with Crippen molar-refractivity contribution in [2.75, 3.05) is 36.4 Å². The molecule has 1 saturated heterocycles. The van der Waals surface area contributed by atoms with Gasteiger partial charge in [0.25, 0.3) is 5.91 Å². The summed E-state index contributed by atoms with van der Waals surface area (Å²) in [4.78, 5) is 32.0. The summed E-state index contributed by atoms with van der Waals surface area (Å²) in [5.74, 6) is 0.560. The highest BCUT2D eigenvalue weighted by atomic mass is 35.5. The number of pyridine rings is 1. The van der Waals surface area contributed by atoms with Gasteiger partial charge in [0.15, 0.2) is 0 Å². The molecule has 1 fully saturated rings. The first-order valence-corrected chi connectivity index (χ1v) is 8.93. The molecule has 0 bridgehead atoms. The van der Waals surface area contributed by atoms with Crippen molar-refractivity contribution in [2.24, 2.45) is 0 Å². The first-order chi connectivity index (χ1) is 12.5. The zero-order chi connectivity index (χ0) is 18.7. The Morgan fingerprint density at radius 2 is 1.81 bits per heavy atom. The molecule has 1 aliphatic rings.